The Balaban J connectivity index is 1.46. The van der Waals surface area contributed by atoms with Crippen LogP contribution in [0.5, 0.6) is 0 Å². The molecule has 0 spiro atoms. The van der Waals surface area contributed by atoms with Crippen molar-refractivity contribution in [2.75, 3.05) is 0 Å². The molecule has 26 heavy (non-hydrogen) atoms. The Labute approximate surface area is 155 Å². The smallest absolute Gasteiger partial charge is 0.185 e. The van der Waals surface area contributed by atoms with Gasteiger partial charge in [-0.1, -0.05) is 35.9 Å². The second-order valence-corrected chi connectivity index (χ2v) is 6.53. The van der Waals surface area contributed by atoms with Gasteiger partial charge in [-0.2, -0.15) is 0 Å². The molecule has 3 aromatic heterocycles. The largest absolute Gasteiger partial charge is 0.292 e. The molecule has 5 nitrogen and oxygen atoms in total. The lowest BCUT2D eigenvalue weighted by Gasteiger charge is -2.05. The van der Waals surface area contributed by atoms with Gasteiger partial charge in [-0.3, -0.25) is 14.2 Å². The Morgan fingerprint density at radius 1 is 1.04 bits per heavy atom. The van der Waals surface area contributed by atoms with Gasteiger partial charge < -0.3 is 0 Å². The van der Waals surface area contributed by atoms with Crippen molar-refractivity contribution in [3.63, 3.8) is 0 Å². The Kier molecular flexibility index (Phi) is 4.46. The van der Waals surface area contributed by atoms with E-state index >= 15 is 0 Å². The highest BCUT2D eigenvalue weighted by Crippen LogP contribution is 2.15. The standard InChI is InChI=1S/C20H15ClN4O/c21-17-3-1-2-14(9-17)8-15-4-6-18(22-11-15)19(26)10-16-5-7-20-24-23-13-25(20)12-16/h1-7,9,11-13H,8,10H2. The number of ketones is 1. The van der Waals surface area contributed by atoms with Gasteiger partial charge in [0.25, 0.3) is 0 Å². The molecule has 4 aromatic rings. The Bertz CT molecular complexity index is 1070. The minimum atomic E-state index is -0.0215. The number of Topliss-reactive ketones (excluding diaryl/α,β-unsaturated/α-hetero) is 1. The topological polar surface area (TPSA) is 60.2 Å². The molecule has 6 heteroatoms. The molecule has 0 aliphatic heterocycles. The van der Waals surface area contributed by atoms with Crippen LogP contribution < -0.4 is 0 Å². The number of fused-ring (bicyclic) bond motifs is 1. The van der Waals surface area contributed by atoms with E-state index in [0.29, 0.717) is 10.7 Å². The van der Waals surface area contributed by atoms with E-state index in [2.05, 4.69) is 15.2 Å². The summed E-state index contributed by atoms with van der Waals surface area (Å²) in [5.41, 5.74) is 4.26. The van der Waals surface area contributed by atoms with Crippen LogP contribution in [-0.4, -0.2) is 25.4 Å². The van der Waals surface area contributed by atoms with Crippen molar-refractivity contribution in [1.29, 1.82) is 0 Å². The molecule has 0 fully saturated rings. The number of rotatable bonds is 5. The fraction of sp³-hybridized carbons (Fsp3) is 0.100. The third-order valence-electron chi connectivity index (χ3n) is 4.12. The Morgan fingerprint density at radius 3 is 2.73 bits per heavy atom. The second kappa shape index (κ2) is 7.06. The molecule has 0 amide bonds. The third-order valence-corrected chi connectivity index (χ3v) is 4.36. The van der Waals surface area contributed by atoms with Crippen LogP contribution in [0, 0.1) is 0 Å². The molecule has 0 aliphatic carbocycles. The fourth-order valence-corrected chi connectivity index (χ4v) is 3.04. The van der Waals surface area contributed by atoms with E-state index in [0.717, 1.165) is 28.8 Å². The average molecular weight is 363 g/mol. The molecule has 1 aromatic carbocycles. The summed E-state index contributed by atoms with van der Waals surface area (Å²) in [7, 11) is 0. The maximum absolute atomic E-state index is 12.5. The van der Waals surface area contributed by atoms with E-state index in [1.165, 1.54) is 0 Å². The van der Waals surface area contributed by atoms with Crippen LogP contribution in [0.2, 0.25) is 5.02 Å². The summed E-state index contributed by atoms with van der Waals surface area (Å²) < 4.78 is 1.80. The number of carbonyl (C=O) groups is 1. The summed E-state index contributed by atoms with van der Waals surface area (Å²) >= 11 is 6.01. The van der Waals surface area contributed by atoms with Crippen LogP contribution in [-0.2, 0) is 12.8 Å². The van der Waals surface area contributed by atoms with Crippen molar-refractivity contribution < 1.29 is 4.79 Å². The Morgan fingerprint density at radius 2 is 1.92 bits per heavy atom. The number of halogens is 1. The summed E-state index contributed by atoms with van der Waals surface area (Å²) in [5.74, 6) is -0.0215. The van der Waals surface area contributed by atoms with Gasteiger partial charge in [0.15, 0.2) is 11.4 Å². The molecule has 4 rings (SSSR count). The molecule has 0 atom stereocenters. The lowest BCUT2D eigenvalue weighted by atomic mass is 10.0. The van der Waals surface area contributed by atoms with E-state index in [1.807, 2.05) is 48.7 Å². The SMILES string of the molecule is O=C(Cc1ccc2nncn2c1)c1ccc(Cc2cccc(Cl)c2)cn1. The average Bonchev–Trinajstić information content (AvgIpc) is 3.10. The molecule has 128 valence electrons. The molecule has 0 unspecified atom stereocenters. The van der Waals surface area contributed by atoms with E-state index < -0.39 is 0 Å². The first-order chi connectivity index (χ1) is 12.7. The Hall–Kier alpha value is -3.05. The molecular formula is C20H15ClN4O. The molecule has 0 N–H and O–H groups in total. The van der Waals surface area contributed by atoms with Crippen molar-refractivity contribution in [2.24, 2.45) is 0 Å². The number of hydrogen-bond acceptors (Lipinski definition) is 4. The molecule has 3 heterocycles. The lowest BCUT2D eigenvalue weighted by Crippen LogP contribution is -2.07. The van der Waals surface area contributed by atoms with Gasteiger partial charge >= 0.3 is 0 Å². The first-order valence-electron chi connectivity index (χ1n) is 8.18. The highest BCUT2D eigenvalue weighted by molar-refractivity contribution is 6.30. The maximum atomic E-state index is 12.5. The predicted molar refractivity (Wildman–Crippen MR) is 99.5 cm³/mol. The number of nitrogens with zero attached hydrogens (tertiary/aromatic N) is 4. The molecule has 0 saturated carbocycles. The van der Waals surface area contributed by atoms with Crippen LogP contribution >= 0.6 is 11.6 Å². The van der Waals surface area contributed by atoms with Gasteiger partial charge in [-0.05, 0) is 47.4 Å². The van der Waals surface area contributed by atoms with Gasteiger partial charge in [0, 0.05) is 23.8 Å². The molecule has 0 bridgehead atoms. The first kappa shape index (κ1) is 16.4. The molecule has 0 aliphatic rings. The number of aromatic nitrogens is 4. The van der Waals surface area contributed by atoms with Crippen molar-refractivity contribution in [3.05, 3.63) is 94.7 Å². The van der Waals surface area contributed by atoms with Crippen LogP contribution in [0.25, 0.3) is 5.65 Å². The van der Waals surface area contributed by atoms with E-state index in [4.69, 9.17) is 11.6 Å². The van der Waals surface area contributed by atoms with Gasteiger partial charge in [0.2, 0.25) is 0 Å². The highest BCUT2D eigenvalue weighted by atomic mass is 35.5. The minimum Gasteiger partial charge on any atom is -0.292 e. The third kappa shape index (κ3) is 3.63. The highest BCUT2D eigenvalue weighted by Gasteiger charge is 2.10. The summed E-state index contributed by atoms with van der Waals surface area (Å²) in [5, 5.41) is 8.51. The van der Waals surface area contributed by atoms with E-state index in [-0.39, 0.29) is 12.2 Å². The number of benzene rings is 1. The summed E-state index contributed by atoms with van der Waals surface area (Å²) in [4.78, 5) is 16.8. The van der Waals surface area contributed by atoms with Crippen molar-refractivity contribution in [2.45, 2.75) is 12.8 Å². The van der Waals surface area contributed by atoms with Gasteiger partial charge in [-0.25, -0.2) is 0 Å². The summed E-state index contributed by atoms with van der Waals surface area (Å²) in [6.07, 6.45) is 6.24. The number of hydrogen-bond donors (Lipinski definition) is 0. The molecule has 0 radical (unpaired) electrons. The second-order valence-electron chi connectivity index (χ2n) is 6.09. The zero-order valence-corrected chi connectivity index (χ0v) is 14.6. The van der Waals surface area contributed by atoms with Crippen LogP contribution in [0.3, 0.4) is 0 Å². The van der Waals surface area contributed by atoms with Crippen LogP contribution in [0.1, 0.15) is 27.2 Å². The minimum absolute atomic E-state index is 0.0215. The zero-order valence-electron chi connectivity index (χ0n) is 13.8. The van der Waals surface area contributed by atoms with E-state index in [1.54, 1.807) is 23.0 Å². The number of pyridine rings is 2. The number of carbonyl (C=O) groups excluding carboxylic acids is 1. The summed E-state index contributed by atoms with van der Waals surface area (Å²) in [6.45, 7) is 0. The van der Waals surface area contributed by atoms with Crippen LogP contribution in [0.4, 0.5) is 0 Å². The lowest BCUT2D eigenvalue weighted by molar-refractivity contribution is 0.0988. The predicted octanol–water partition coefficient (Wildman–Crippen LogP) is 3.79. The normalized spacial score (nSPS) is 11.0. The quantitative estimate of drug-likeness (QED) is 0.507. The fourth-order valence-electron chi connectivity index (χ4n) is 2.83. The molecule has 0 saturated heterocycles. The van der Waals surface area contributed by atoms with Gasteiger partial charge in [0.05, 0.1) is 0 Å². The van der Waals surface area contributed by atoms with Gasteiger partial charge in [-0.15, -0.1) is 10.2 Å². The summed E-state index contributed by atoms with van der Waals surface area (Å²) in [6, 6.07) is 15.2. The van der Waals surface area contributed by atoms with Crippen molar-refractivity contribution in [3.8, 4) is 0 Å². The first-order valence-corrected chi connectivity index (χ1v) is 8.56. The van der Waals surface area contributed by atoms with Crippen LogP contribution in [0.15, 0.2) is 67.3 Å². The van der Waals surface area contributed by atoms with Crippen molar-refractivity contribution >= 4 is 23.0 Å². The van der Waals surface area contributed by atoms with Gasteiger partial charge in [0.1, 0.15) is 12.0 Å². The molecular weight excluding hydrogens is 348 g/mol. The monoisotopic (exact) mass is 362 g/mol. The van der Waals surface area contributed by atoms with Crippen molar-refractivity contribution in [1.82, 2.24) is 19.6 Å². The maximum Gasteiger partial charge on any atom is 0.185 e. The van der Waals surface area contributed by atoms with E-state index in [9.17, 15) is 4.79 Å². The zero-order chi connectivity index (χ0) is 17.9.